The van der Waals surface area contributed by atoms with Gasteiger partial charge in [-0.2, -0.15) is 0 Å². The second-order valence-corrected chi connectivity index (χ2v) is 3.32. The van der Waals surface area contributed by atoms with Crippen molar-refractivity contribution in [2.24, 2.45) is 0 Å². The van der Waals surface area contributed by atoms with Crippen LogP contribution < -0.4 is 0 Å². The molecule has 5 heteroatoms. The maximum Gasteiger partial charge on any atom is 0.162 e. The standard InChI is InChI=1S/C8H6Cl2N2O/c9-7-4-5(8(10)12-11-7)6-2-1-3-13-6/h2,4H,1,3H2. The highest BCUT2D eigenvalue weighted by Crippen LogP contribution is 2.27. The first kappa shape index (κ1) is 8.78. The molecule has 3 nitrogen and oxygen atoms in total. The van der Waals surface area contributed by atoms with Crippen LogP contribution in [0.25, 0.3) is 5.76 Å². The Morgan fingerprint density at radius 2 is 2.15 bits per heavy atom. The molecule has 13 heavy (non-hydrogen) atoms. The molecule has 0 amide bonds. The lowest BCUT2D eigenvalue weighted by Gasteiger charge is -2.04. The van der Waals surface area contributed by atoms with Gasteiger partial charge in [0.15, 0.2) is 10.3 Å². The lowest BCUT2D eigenvalue weighted by Crippen LogP contribution is -1.92. The average molecular weight is 217 g/mol. The minimum absolute atomic E-state index is 0.316. The summed E-state index contributed by atoms with van der Waals surface area (Å²) in [5.74, 6) is 0.738. The molecule has 0 radical (unpaired) electrons. The fraction of sp³-hybridized carbons (Fsp3) is 0.250. The monoisotopic (exact) mass is 216 g/mol. The molecule has 0 saturated heterocycles. The van der Waals surface area contributed by atoms with Gasteiger partial charge in [0.1, 0.15) is 5.76 Å². The van der Waals surface area contributed by atoms with Crippen molar-refractivity contribution in [3.63, 3.8) is 0 Å². The molecule has 1 aliphatic rings. The predicted octanol–water partition coefficient (Wildman–Crippen LogP) is 2.54. The van der Waals surface area contributed by atoms with Crippen molar-refractivity contribution >= 4 is 29.0 Å². The summed E-state index contributed by atoms with van der Waals surface area (Å²) in [6.07, 6.45) is 2.85. The largest absolute Gasteiger partial charge is 0.493 e. The van der Waals surface area contributed by atoms with E-state index in [4.69, 9.17) is 27.9 Å². The molecule has 2 rings (SSSR count). The van der Waals surface area contributed by atoms with Gasteiger partial charge in [0, 0.05) is 6.42 Å². The average Bonchev–Trinajstić information content (AvgIpc) is 2.61. The van der Waals surface area contributed by atoms with Crippen molar-refractivity contribution in [1.29, 1.82) is 0 Å². The summed E-state index contributed by atoms with van der Waals surface area (Å²) in [7, 11) is 0. The van der Waals surface area contributed by atoms with E-state index in [2.05, 4.69) is 10.2 Å². The molecule has 1 aromatic rings. The normalized spacial score (nSPS) is 15.4. The molecule has 0 spiro atoms. The highest BCUT2D eigenvalue weighted by Gasteiger charge is 2.13. The first-order valence-electron chi connectivity index (χ1n) is 3.79. The number of hydrogen-bond donors (Lipinski definition) is 0. The van der Waals surface area contributed by atoms with Crippen molar-refractivity contribution in [2.75, 3.05) is 6.61 Å². The Labute approximate surface area is 85.3 Å². The number of rotatable bonds is 1. The molecule has 0 N–H and O–H groups in total. The maximum atomic E-state index is 5.82. The SMILES string of the molecule is Clc1cc(C2=CCCO2)c(Cl)nn1. The van der Waals surface area contributed by atoms with Crippen LogP contribution in [0.5, 0.6) is 0 Å². The molecule has 0 fully saturated rings. The molecule has 1 aliphatic heterocycles. The zero-order valence-electron chi connectivity index (χ0n) is 6.63. The van der Waals surface area contributed by atoms with Crippen LogP contribution in [0.4, 0.5) is 0 Å². The van der Waals surface area contributed by atoms with E-state index in [0.717, 1.165) is 12.2 Å². The molecular formula is C8H6Cl2N2O. The molecule has 1 aromatic heterocycles. The Bertz CT molecular complexity index is 365. The topological polar surface area (TPSA) is 35.0 Å². The molecule has 0 atom stereocenters. The van der Waals surface area contributed by atoms with E-state index in [1.54, 1.807) is 6.07 Å². The van der Waals surface area contributed by atoms with Crippen LogP contribution in [-0.4, -0.2) is 16.8 Å². The number of halogens is 2. The minimum atomic E-state index is 0.316. The van der Waals surface area contributed by atoms with E-state index < -0.39 is 0 Å². The maximum absolute atomic E-state index is 5.82. The van der Waals surface area contributed by atoms with Crippen molar-refractivity contribution in [2.45, 2.75) is 6.42 Å². The van der Waals surface area contributed by atoms with Gasteiger partial charge in [-0.05, 0) is 12.1 Å². The summed E-state index contributed by atoms with van der Waals surface area (Å²) in [5, 5.41) is 7.93. The van der Waals surface area contributed by atoms with Crippen LogP contribution in [-0.2, 0) is 4.74 Å². The molecular weight excluding hydrogens is 211 g/mol. The number of aromatic nitrogens is 2. The van der Waals surface area contributed by atoms with Gasteiger partial charge in [0.25, 0.3) is 0 Å². The van der Waals surface area contributed by atoms with Crippen LogP contribution >= 0.6 is 23.2 Å². The fourth-order valence-electron chi connectivity index (χ4n) is 1.13. The Kier molecular flexibility index (Phi) is 2.38. The van der Waals surface area contributed by atoms with Crippen molar-refractivity contribution in [3.05, 3.63) is 28.0 Å². The van der Waals surface area contributed by atoms with Crippen LogP contribution in [0.1, 0.15) is 12.0 Å². The molecule has 2 heterocycles. The molecule has 68 valence electrons. The summed E-state index contributed by atoms with van der Waals surface area (Å²) in [6.45, 7) is 0.686. The second kappa shape index (κ2) is 3.52. The quantitative estimate of drug-likeness (QED) is 0.724. The van der Waals surface area contributed by atoms with Crippen LogP contribution in [0, 0.1) is 0 Å². The van der Waals surface area contributed by atoms with E-state index in [1.165, 1.54) is 0 Å². The van der Waals surface area contributed by atoms with E-state index in [-0.39, 0.29) is 0 Å². The van der Waals surface area contributed by atoms with Crippen molar-refractivity contribution < 1.29 is 4.74 Å². The third-order valence-electron chi connectivity index (χ3n) is 1.69. The highest BCUT2D eigenvalue weighted by molar-refractivity contribution is 6.32. The van der Waals surface area contributed by atoms with E-state index in [0.29, 0.717) is 22.5 Å². The lowest BCUT2D eigenvalue weighted by atomic mass is 10.2. The first-order valence-corrected chi connectivity index (χ1v) is 4.55. The Morgan fingerprint density at radius 3 is 2.85 bits per heavy atom. The smallest absolute Gasteiger partial charge is 0.162 e. The first-order chi connectivity index (χ1) is 6.27. The van der Waals surface area contributed by atoms with Gasteiger partial charge in [-0.3, -0.25) is 0 Å². The van der Waals surface area contributed by atoms with Crippen LogP contribution in [0.15, 0.2) is 12.1 Å². The van der Waals surface area contributed by atoms with E-state index in [9.17, 15) is 0 Å². The number of nitrogens with zero attached hydrogens (tertiary/aromatic N) is 2. The molecule has 0 bridgehead atoms. The zero-order chi connectivity index (χ0) is 9.26. The molecule has 0 aliphatic carbocycles. The van der Waals surface area contributed by atoms with Gasteiger partial charge in [-0.1, -0.05) is 23.2 Å². The second-order valence-electron chi connectivity index (χ2n) is 2.58. The Balaban J connectivity index is 2.43. The van der Waals surface area contributed by atoms with Gasteiger partial charge in [-0.25, -0.2) is 0 Å². The summed E-state index contributed by atoms with van der Waals surface area (Å²) in [6, 6.07) is 1.65. The van der Waals surface area contributed by atoms with Crippen molar-refractivity contribution in [1.82, 2.24) is 10.2 Å². The third kappa shape index (κ3) is 1.76. The summed E-state index contributed by atoms with van der Waals surface area (Å²) < 4.78 is 5.33. The van der Waals surface area contributed by atoms with Gasteiger partial charge in [0.2, 0.25) is 0 Å². The summed E-state index contributed by atoms with van der Waals surface area (Å²) in [5.41, 5.74) is 0.708. The molecule has 0 saturated carbocycles. The minimum Gasteiger partial charge on any atom is -0.493 e. The van der Waals surface area contributed by atoms with Gasteiger partial charge in [-0.15, -0.1) is 10.2 Å². The number of ether oxygens (including phenoxy) is 1. The highest BCUT2D eigenvalue weighted by atomic mass is 35.5. The Hall–Kier alpha value is -0.800. The lowest BCUT2D eigenvalue weighted by molar-refractivity contribution is 0.307. The molecule has 0 unspecified atom stereocenters. The van der Waals surface area contributed by atoms with E-state index >= 15 is 0 Å². The van der Waals surface area contributed by atoms with Gasteiger partial charge >= 0.3 is 0 Å². The predicted molar refractivity (Wildman–Crippen MR) is 50.6 cm³/mol. The van der Waals surface area contributed by atoms with E-state index in [1.807, 2.05) is 6.08 Å². The third-order valence-corrected chi connectivity index (χ3v) is 2.15. The van der Waals surface area contributed by atoms with Gasteiger partial charge < -0.3 is 4.74 Å². The Morgan fingerprint density at radius 1 is 1.31 bits per heavy atom. The van der Waals surface area contributed by atoms with Crippen molar-refractivity contribution in [3.8, 4) is 0 Å². The fourth-order valence-corrected chi connectivity index (χ4v) is 1.46. The zero-order valence-corrected chi connectivity index (χ0v) is 8.14. The molecule has 0 aromatic carbocycles. The number of hydrogen-bond acceptors (Lipinski definition) is 3. The summed E-state index contributed by atoms with van der Waals surface area (Å²) in [4.78, 5) is 0. The van der Waals surface area contributed by atoms with Gasteiger partial charge in [0.05, 0.1) is 12.2 Å². The van der Waals surface area contributed by atoms with Crippen LogP contribution in [0.3, 0.4) is 0 Å². The summed E-state index contributed by atoms with van der Waals surface area (Å²) >= 11 is 11.5. The van der Waals surface area contributed by atoms with Crippen LogP contribution in [0.2, 0.25) is 10.3 Å².